The smallest absolute Gasteiger partial charge is 0.329 e. The van der Waals surface area contributed by atoms with Gasteiger partial charge in [-0.3, -0.25) is 9.89 Å². The number of rotatable bonds is 4. The molecule has 0 atom stereocenters. The molecule has 1 aromatic heterocycles. The summed E-state index contributed by atoms with van der Waals surface area (Å²) in [4.78, 5) is 23.7. The molecule has 3 N–H and O–H groups in total. The topological polar surface area (TPSA) is 95.1 Å². The number of halogens is 1. The molecule has 1 fully saturated rings. The largest absolute Gasteiger partial charge is 0.480 e. The third-order valence-electron chi connectivity index (χ3n) is 3.95. The number of benzene rings is 1. The fraction of sp³-hybridized carbons (Fsp3) is 0.267. The van der Waals surface area contributed by atoms with Gasteiger partial charge in [-0.25, -0.2) is 4.79 Å². The Hall–Kier alpha value is -2.15. The quantitative estimate of drug-likeness (QED) is 0.777. The first kappa shape index (κ1) is 14.8. The van der Waals surface area contributed by atoms with E-state index in [0.29, 0.717) is 23.0 Å². The summed E-state index contributed by atoms with van der Waals surface area (Å²) in [5.41, 5.74) is 0.561. The molecule has 0 unspecified atom stereocenters. The van der Waals surface area contributed by atoms with Crippen molar-refractivity contribution < 1.29 is 14.7 Å². The van der Waals surface area contributed by atoms with Gasteiger partial charge in [0.05, 0.1) is 4.47 Å². The van der Waals surface area contributed by atoms with Gasteiger partial charge in [-0.05, 0) is 35.2 Å². The van der Waals surface area contributed by atoms with Crippen LogP contribution in [0.15, 0.2) is 34.8 Å². The first-order valence-electron chi connectivity index (χ1n) is 6.89. The minimum atomic E-state index is -1.14. The second kappa shape index (κ2) is 5.57. The maximum absolute atomic E-state index is 12.3. The van der Waals surface area contributed by atoms with Crippen LogP contribution >= 0.6 is 15.9 Å². The lowest BCUT2D eigenvalue weighted by Crippen LogP contribution is -2.59. The summed E-state index contributed by atoms with van der Waals surface area (Å²) in [5.74, 6) is -1.46. The van der Waals surface area contributed by atoms with Crippen LogP contribution in [0.2, 0.25) is 0 Å². The number of aromatic nitrogens is 2. The van der Waals surface area contributed by atoms with Crippen molar-refractivity contribution in [2.45, 2.75) is 24.8 Å². The fourth-order valence-corrected chi connectivity index (χ4v) is 3.05. The number of carbonyl (C=O) groups is 2. The standard InChI is InChI=1S/C15H14BrN3O3/c16-10-11(9-5-2-1-3-6-9)18-19-12(10)13(20)17-15(14(21)22)7-4-8-15/h1-3,5-6H,4,7-8H2,(H,17,20)(H,18,19)(H,21,22). The van der Waals surface area contributed by atoms with Gasteiger partial charge < -0.3 is 10.4 Å². The Morgan fingerprint density at radius 1 is 1.27 bits per heavy atom. The van der Waals surface area contributed by atoms with E-state index in [-0.39, 0.29) is 5.69 Å². The van der Waals surface area contributed by atoms with Crippen LogP contribution in [0.4, 0.5) is 0 Å². The Morgan fingerprint density at radius 2 is 1.95 bits per heavy atom. The number of hydrogen-bond donors (Lipinski definition) is 3. The molecule has 0 spiro atoms. The Morgan fingerprint density at radius 3 is 2.50 bits per heavy atom. The predicted molar refractivity (Wildman–Crippen MR) is 83.4 cm³/mol. The summed E-state index contributed by atoms with van der Waals surface area (Å²) < 4.78 is 0.524. The molecule has 22 heavy (non-hydrogen) atoms. The van der Waals surface area contributed by atoms with Gasteiger partial charge in [0, 0.05) is 5.56 Å². The summed E-state index contributed by atoms with van der Waals surface area (Å²) in [6.45, 7) is 0. The van der Waals surface area contributed by atoms with Gasteiger partial charge in [0.25, 0.3) is 5.91 Å². The number of carbonyl (C=O) groups excluding carboxylic acids is 1. The molecule has 3 rings (SSSR count). The Balaban J connectivity index is 1.86. The summed E-state index contributed by atoms with van der Waals surface area (Å²) in [5, 5.41) is 18.7. The van der Waals surface area contributed by atoms with Crippen LogP contribution in [-0.2, 0) is 4.79 Å². The number of aliphatic carboxylic acids is 1. The van der Waals surface area contributed by atoms with E-state index in [2.05, 4.69) is 31.4 Å². The molecular weight excluding hydrogens is 350 g/mol. The second-order valence-electron chi connectivity index (χ2n) is 5.32. The van der Waals surface area contributed by atoms with Gasteiger partial charge >= 0.3 is 5.97 Å². The molecule has 7 heteroatoms. The molecule has 1 saturated carbocycles. The van der Waals surface area contributed by atoms with Gasteiger partial charge in [0.1, 0.15) is 16.9 Å². The highest BCUT2D eigenvalue weighted by Crippen LogP contribution is 2.33. The van der Waals surface area contributed by atoms with Crippen LogP contribution in [0.5, 0.6) is 0 Å². The van der Waals surface area contributed by atoms with E-state index >= 15 is 0 Å². The molecule has 1 aromatic carbocycles. The zero-order valence-electron chi connectivity index (χ0n) is 11.6. The zero-order valence-corrected chi connectivity index (χ0v) is 13.2. The van der Waals surface area contributed by atoms with Crippen molar-refractivity contribution in [1.82, 2.24) is 15.5 Å². The summed E-state index contributed by atoms with van der Waals surface area (Å²) in [7, 11) is 0. The van der Waals surface area contributed by atoms with E-state index in [1.54, 1.807) is 0 Å². The van der Waals surface area contributed by atoms with Crippen molar-refractivity contribution in [3.63, 3.8) is 0 Å². The molecule has 6 nitrogen and oxygen atoms in total. The van der Waals surface area contributed by atoms with Crippen molar-refractivity contribution in [1.29, 1.82) is 0 Å². The third kappa shape index (κ3) is 2.41. The SMILES string of the molecule is O=C(NC1(C(=O)O)CCC1)c1[nH]nc(-c2ccccc2)c1Br. The van der Waals surface area contributed by atoms with E-state index < -0.39 is 17.4 Å². The van der Waals surface area contributed by atoms with Gasteiger partial charge in [-0.1, -0.05) is 30.3 Å². The minimum Gasteiger partial charge on any atom is -0.480 e. The van der Waals surface area contributed by atoms with Crippen molar-refractivity contribution in [2.75, 3.05) is 0 Å². The van der Waals surface area contributed by atoms with Crippen molar-refractivity contribution in [3.8, 4) is 11.3 Å². The van der Waals surface area contributed by atoms with E-state index in [4.69, 9.17) is 0 Å². The maximum Gasteiger partial charge on any atom is 0.329 e. The van der Waals surface area contributed by atoms with E-state index in [1.165, 1.54) is 0 Å². The molecule has 0 bridgehead atoms. The molecule has 2 aromatic rings. The van der Waals surface area contributed by atoms with Crippen molar-refractivity contribution in [3.05, 3.63) is 40.5 Å². The molecule has 1 amide bonds. The summed E-state index contributed by atoms with van der Waals surface area (Å²) in [6, 6.07) is 9.42. The minimum absolute atomic E-state index is 0.228. The molecule has 1 aliphatic rings. The third-order valence-corrected chi connectivity index (χ3v) is 4.72. The van der Waals surface area contributed by atoms with Crippen LogP contribution in [0.25, 0.3) is 11.3 Å². The number of H-pyrrole nitrogens is 1. The Bertz CT molecular complexity index is 723. The van der Waals surface area contributed by atoms with E-state index in [9.17, 15) is 14.7 Å². The molecule has 1 aliphatic carbocycles. The Labute approximate surface area is 135 Å². The summed E-state index contributed by atoms with van der Waals surface area (Å²) >= 11 is 3.37. The molecule has 0 aliphatic heterocycles. The first-order chi connectivity index (χ1) is 10.5. The predicted octanol–water partition coefficient (Wildman–Crippen LogP) is 2.58. The average Bonchev–Trinajstić information content (AvgIpc) is 2.85. The summed E-state index contributed by atoms with van der Waals surface area (Å²) in [6.07, 6.45) is 1.70. The number of hydrogen-bond acceptors (Lipinski definition) is 3. The van der Waals surface area contributed by atoms with Crippen LogP contribution in [0.3, 0.4) is 0 Å². The number of nitrogens with one attached hydrogen (secondary N) is 2. The Kier molecular flexibility index (Phi) is 3.74. The van der Waals surface area contributed by atoms with Gasteiger partial charge in [0.15, 0.2) is 0 Å². The molecule has 0 saturated heterocycles. The van der Waals surface area contributed by atoms with Crippen molar-refractivity contribution in [2.24, 2.45) is 0 Å². The molecule has 114 valence electrons. The molecule has 0 radical (unpaired) electrons. The van der Waals surface area contributed by atoms with Gasteiger partial charge in [-0.2, -0.15) is 5.10 Å². The van der Waals surface area contributed by atoms with Crippen LogP contribution < -0.4 is 5.32 Å². The highest BCUT2D eigenvalue weighted by atomic mass is 79.9. The monoisotopic (exact) mass is 363 g/mol. The van der Waals surface area contributed by atoms with Gasteiger partial charge in [-0.15, -0.1) is 0 Å². The van der Waals surface area contributed by atoms with Crippen LogP contribution in [0, 0.1) is 0 Å². The number of nitrogens with zero attached hydrogens (tertiary/aromatic N) is 1. The lowest BCUT2D eigenvalue weighted by Gasteiger charge is -2.38. The molecular formula is C15H14BrN3O3. The van der Waals surface area contributed by atoms with E-state index in [1.807, 2.05) is 30.3 Å². The number of carboxylic acids is 1. The molecule has 1 heterocycles. The number of amides is 1. The number of aromatic amines is 1. The highest BCUT2D eigenvalue weighted by Gasteiger charge is 2.46. The fourth-order valence-electron chi connectivity index (χ4n) is 2.47. The van der Waals surface area contributed by atoms with Crippen LogP contribution in [-0.4, -0.2) is 32.7 Å². The zero-order chi connectivity index (χ0) is 15.7. The lowest BCUT2D eigenvalue weighted by atomic mass is 9.76. The second-order valence-corrected chi connectivity index (χ2v) is 6.12. The highest BCUT2D eigenvalue weighted by molar-refractivity contribution is 9.10. The number of carboxylic acid groups (broad SMARTS) is 1. The maximum atomic E-state index is 12.3. The van der Waals surface area contributed by atoms with Crippen LogP contribution in [0.1, 0.15) is 29.8 Å². The normalized spacial score (nSPS) is 15.9. The van der Waals surface area contributed by atoms with Gasteiger partial charge in [0.2, 0.25) is 0 Å². The average molecular weight is 364 g/mol. The first-order valence-corrected chi connectivity index (χ1v) is 7.68. The van der Waals surface area contributed by atoms with Crippen molar-refractivity contribution >= 4 is 27.8 Å². The van der Waals surface area contributed by atoms with E-state index in [0.717, 1.165) is 12.0 Å². The lowest BCUT2D eigenvalue weighted by molar-refractivity contribution is -0.148.